The molecule has 0 spiro atoms. The summed E-state index contributed by atoms with van der Waals surface area (Å²) in [6, 6.07) is 30.4. The van der Waals surface area contributed by atoms with Gasteiger partial charge in [-0.15, -0.1) is 0 Å². The fourth-order valence-corrected chi connectivity index (χ4v) is 4.00. The van der Waals surface area contributed by atoms with Gasteiger partial charge in [0.15, 0.2) is 0 Å². The molecule has 26 heavy (non-hydrogen) atoms. The van der Waals surface area contributed by atoms with E-state index < -0.39 is 0 Å². The Labute approximate surface area is 152 Å². The maximum absolute atomic E-state index is 2.30. The summed E-state index contributed by atoms with van der Waals surface area (Å²) in [6.07, 6.45) is 0. The van der Waals surface area contributed by atoms with Gasteiger partial charge in [-0.25, -0.2) is 0 Å². The van der Waals surface area contributed by atoms with Gasteiger partial charge in [0.2, 0.25) is 0 Å². The molecule has 0 atom stereocenters. The van der Waals surface area contributed by atoms with Gasteiger partial charge in [0, 0.05) is 52.7 Å². The molecule has 0 aliphatic heterocycles. The monoisotopic (exact) mass is 336 g/mol. The number of aryl methyl sites for hydroxylation is 1. The fourth-order valence-electron chi connectivity index (χ4n) is 4.00. The van der Waals surface area contributed by atoms with Crippen LogP contribution in [0.3, 0.4) is 0 Å². The van der Waals surface area contributed by atoms with E-state index >= 15 is 0 Å². The molecule has 0 radical (unpaired) electrons. The van der Waals surface area contributed by atoms with Crippen LogP contribution in [-0.2, 0) is 7.05 Å². The van der Waals surface area contributed by atoms with Crippen molar-refractivity contribution in [2.24, 2.45) is 7.05 Å². The van der Waals surface area contributed by atoms with Crippen LogP contribution in [0.1, 0.15) is 0 Å². The molecule has 5 rings (SSSR count). The van der Waals surface area contributed by atoms with Gasteiger partial charge in [0.1, 0.15) is 0 Å². The van der Waals surface area contributed by atoms with E-state index in [0.717, 1.165) is 0 Å². The average molecular weight is 336 g/mol. The molecule has 2 nitrogen and oxygen atoms in total. The summed E-state index contributed by atoms with van der Waals surface area (Å²) in [4.78, 5) is 2.28. The lowest BCUT2D eigenvalue weighted by molar-refractivity contribution is 1.01. The first-order valence-corrected chi connectivity index (χ1v) is 8.93. The molecule has 5 aromatic rings. The van der Waals surface area contributed by atoms with E-state index in [1.807, 2.05) is 0 Å². The Morgan fingerprint density at radius 2 is 1.35 bits per heavy atom. The number of fused-ring (bicyclic) bond motifs is 4. The Kier molecular flexibility index (Phi) is 3.26. The Morgan fingerprint density at radius 3 is 2.23 bits per heavy atom. The van der Waals surface area contributed by atoms with Crippen LogP contribution in [-0.4, -0.2) is 11.6 Å². The molecule has 0 aliphatic rings. The summed E-state index contributed by atoms with van der Waals surface area (Å²) in [5.41, 5.74) is 4.96. The van der Waals surface area contributed by atoms with Gasteiger partial charge in [-0.2, -0.15) is 0 Å². The van der Waals surface area contributed by atoms with Crippen molar-refractivity contribution in [3.63, 3.8) is 0 Å². The minimum Gasteiger partial charge on any atom is -0.344 e. The van der Waals surface area contributed by atoms with E-state index in [1.165, 1.54) is 44.0 Å². The zero-order valence-electron chi connectivity index (χ0n) is 15.0. The van der Waals surface area contributed by atoms with Crippen molar-refractivity contribution in [1.82, 2.24) is 4.57 Å². The molecule has 0 amide bonds. The Morgan fingerprint density at radius 1 is 0.654 bits per heavy atom. The standard InChI is InChI=1S/C24H20N2/c1-25(22-13-7-9-17-8-3-4-10-19(17)22)18-14-15-24-21(16-18)20-11-5-6-12-23(20)26(24)2/h3-16H,1-2H3. The first-order chi connectivity index (χ1) is 12.7. The molecule has 4 aromatic carbocycles. The molecule has 0 N–H and O–H groups in total. The minimum absolute atomic E-state index is 1.20. The maximum Gasteiger partial charge on any atom is 0.0490 e. The van der Waals surface area contributed by atoms with Crippen LogP contribution < -0.4 is 4.90 Å². The number of nitrogens with zero attached hydrogens (tertiary/aromatic N) is 2. The van der Waals surface area contributed by atoms with Crippen molar-refractivity contribution in [2.75, 3.05) is 11.9 Å². The fraction of sp³-hybridized carbons (Fsp3) is 0.0833. The third-order valence-corrected chi connectivity index (χ3v) is 5.41. The Hall–Kier alpha value is -3.26. The predicted molar refractivity (Wildman–Crippen MR) is 112 cm³/mol. The van der Waals surface area contributed by atoms with Crippen molar-refractivity contribution in [3.8, 4) is 0 Å². The van der Waals surface area contributed by atoms with Gasteiger partial charge in [-0.3, -0.25) is 0 Å². The lowest BCUT2D eigenvalue weighted by atomic mass is 10.1. The van der Waals surface area contributed by atoms with Crippen LogP contribution in [0.2, 0.25) is 0 Å². The molecule has 2 heteroatoms. The van der Waals surface area contributed by atoms with E-state index in [4.69, 9.17) is 0 Å². The summed E-state index contributed by atoms with van der Waals surface area (Å²) in [5, 5.41) is 5.14. The highest BCUT2D eigenvalue weighted by atomic mass is 15.1. The van der Waals surface area contributed by atoms with Gasteiger partial charge < -0.3 is 9.47 Å². The summed E-state index contributed by atoms with van der Waals surface area (Å²) in [7, 11) is 4.28. The van der Waals surface area contributed by atoms with E-state index in [2.05, 4.69) is 108 Å². The third kappa shape index (κ3) is 2.12. The number of rotatable bonds is 2. The lowest BCUT2D eigenvalue weighted by Crippen LogP contribution is -2.09. The molecule has 0 saturated heterocycles. The van der Waals surface area contributed by atoms with Crippen LogP contribution in [0, 0.1) is 0 Å². The van der Waals surface area contributed by atoms with Gasteiger partial charge >= 0.3 is 0 Å². The number of hydrogen-bond acceptors (Lipinski definition) is 1. The molecule has 0 aliphatic carbocycles. The van der Waals surface area contributed by atoms with Crippen LogP contribution >= 0.6 is 0 Å². The molecule has 0 saturated carbocycles. The molecule has 0 fully saturated rings. The molecular weight excluding hydrogens is 316 g/mol. The van der Waals surface area contributed by atoms with Crippen LogP contribution in [0.15, 0.2) is 84.9 Å². The quantitative estimate of drug-likeness (QED) is 0.370. The predicted octanol–water partition coefficient (Wildman–Crippen LogP) is 6.25. The second kappa shape index (κ2) is 5.63. The highest BCUT2D eigenvalue weighted by molar-refractivity contribution is 6.09. The van der Waals surface area contributed by atoms with Crippen molar-refractivity contribution < 1.29 is 0 Å². The van der Waals surface area contributed by atoms with E-state index in [1.54, 1.807) is 0 Å². The van der Waals surface area contributed by atoms with E-state index in [9.17, 15) is 0 Å². The SMILES string of the molecule is CN(c1ccc2c(c1)c1ccccc1n2C)c1cccc2ccccc12. The molecule has 0 bridgehead atoms. The molecule has 0 unspecified atom stereocenters. The summed E-state index contributed by atoms with van der Waals surface area (Å²) in [6.45, 7) is 0. The third-order valence-electron chi connectivity index (χ3n) is 5.41. The summed E-state index contributed by atoms with van der Waals surface area (Å²) in [5.74, 6) is 0. The van der Waals surface area contributed by atoms with Gasteiger partial charge in [-0.05, 0) is 35.7 Å². The largest absolute Gasteiger partial charge is 0.344 e. The highest BCUT2D eigenvalue weighted by Gasteiger charge is 2.12. The summed E-state index contributed by atoms with van der Waals surface area (Å²) >= 11 is 0. The second-order valence-corrected chi connectivity index (χ2v) is 6.83. The number of benzene rings is 4. The van der Waals surface area contributed by atoms with Crippen molar-refractivity contribution in [1.29, 1.82) is 0 Å². The van der Waals surface area contributed by atoms with Gasteiger partial charge in [-0.1, -0.05) is 54.6 Å². The second-order valence-electron chi connectivity index (χ2n) is 6.83. The molecule has 126 valence electrons. The van der Waals surface area contributed by atoms with Crippen LogP contribution in [0.4, 0.5) is 11.4 Å². The average Bonchev–Trinajstić information content (AvgIpc) is 2.99. The molecule has 1 heterocycles. The summed E-state index contributed by atoms with van der Waals surface area (Å²) < 4.78 is 2.27. The van der Waals surface area contributed by atoms with Crippen LogP contribution in [0.25, 0.3) is 32.6 Å². The Bertz CT molecular complexity index is 1260. The van der Waals surface area contributed by atoms with Crippen molar-refractivity contribution in [2.45, 2.75) is 0 Å². The number of para-hydroxylation sites is 1. The zero-order valence-corrected chi connectivity index (χ0v) is 15.0. The first kappa shape index (κ1) is 15.0. The Balaban J connectivity index is 1.72. The van der Waals surface area contributed by atoms with E-state index in [0.29, 0.717) is 0 Å². The van der Waals surface area contributed by atoms with Crippen LogP contribution in [0.5, 0.6) is 0 Å². The number of anilines is 2. The smallest absolute Gasteiger partial charge is 0.0490 e. The van der Waals surface area contributed by atoms with Crippen molar-refractivity contribution >= 4 is 44.0 Å². The molecule has 1 aromatic heterocycles. The number of hydrogen-bond donors (Lipinski definition) is 0. The normalized spacial score (nSPS) is 11.5. The number of aromatic nitrogens is 1. The highest BCUT2D eigenvalue weighted by Crippen LogP contribution is 2.35. The minimum atomic E-state index is 1.20. The zero-order chi connectivity index (χ0) is 17.7. The lowest BCUT2D eigenvalue weighted by Gasteiger charge is -2.21. The molecular formula is C24H20N2. The van der Waals surface area contributed by atoms with Gasteiger partial charge in [0.25, 0.3) is 0 Å². The van der Waals surface area contributed by atoms with Crippen molar-refractivity contribution in [3.05, 3.63) is 84.9 Å². The van der Waals surface area contributed by atoms with E-state index in [-0.39, 0.29) is 0 Å². The first-order valence-electron chi connectivity index (χ1n) is 8.93. The maximum atomic E-state index is 2.30. The topological polar surface area (TPSA) is 8.17 Å². The van der Waals surface area contributed by atoms with Gasteiger partial charge in [0.05, 0.1) is 0 Å².